The molecule has 0 bridgehead atoms. The fourth-order valence-electron chi connectivity index (χ4n) is 3.50. The molecule has 1 saturated heterocycles. The molecule has 0 aromatic heterocycles. The van der Waals surface area contributed by atoms with Crippen LogP contribution in [0.25, 0.3) is 0 Å². The molecule has 0 radical (unpaired) electrons. The maximum absolute atomic E-state index is 12.2. The van der Waals surface area contributed by atoms with Gasteiger partial charge in [-0.1, -0.05) is 26.0 Å². The molecule has 1 amide bonds. The van der Waals surface area contributed by atoms with Gasteiger partial charge in [0.1, 0.15) is 0 Å². The second-order valence-electron chi connectivity index (χ2n) is 6.97. The fourth-order valence-corrected chi connectivity index (χ4v) is 3.50. The molecule has 1 aliphatic rings. The lowest BCUT2D eigenvalue weighted by Crippen LogP contribution is -3.14. The van der Waals surface area contributed by atoms with E-state index >= 15 is 0 Å². The fraction of sp³-hybridized carbons (Fsp3) is 0.611. The molecule has 0 spiro atoms. The number of rotatable bonds is 4. The number of benzene rings is 1. The van der Waals surface area contributed by atoms with Crippen molar-refractivity contribution in [1.82, 2.24) is 0 Å². The van der Waals surface area contributed by atoms with Crippen LogP contribution in [0.4, 0.5) is 5.69 Å². The van der Waals surface area contributed by atoms with Crippen molar-refractivity contribution in [2.24, 2.45) is 11.8 Å². The first-order chi connectivity index (χ1) is 9.94. The Labute approximate surface area is 128 Å². The van der Waals surface area contributed by atoms with Gasteiger partial charge in [0.15, 0.2) is 0 Å². The lowest BCUT2D eigenvalue weighted by Gasteiger charge is -2.31. The van der Waals surface area contributed by atoms with Gasteiger partial charge in [0.2, 0.25) is 5.91 Å². The number of amides is 1. The normalized spacial score (nSPS) is 25.6. The van der Waals surface area contributed by atoms with Gasteiger partial charge in [0.25, 0.3) is 0 Å². The standard InChI is InChI=1S/C18H28N2O/c1-13-5-6-16(4)17(10-13)19-18(21)7-8-20-11-14(2)9-15(3)12-20/h5-6,10,14-15H,7-9,11-12H2,1-4H3,(H,19,21)/p+1/t14-,15-/m0/s1. The summed E-state index contributed by atoms with van der Waals surface area (Å²) in [6.45, 7) is 12.1. The van der Waals surface area contributed by atoms with Crippen LogP contribution in [-0.2, 0) is 4.79 Å². The number of quaternary nitrogens is 1. The summed E-state index contributed by atoms with van der Waals surface area (Å²) in [7, 11) is 0. The lowest BCUT2D eigenvalue weighted by atomic mass is 9.92. The number of aryl methyl sites for hydroxylation is 2. The molecular formula is C18H29N2O+. The molecule has 2 atom stereocenters. The Hall–Kier alpha value is -1.35. The molecule has 3 nitrogen and oxygen atoms in total. The van der Waals surface area contributed by atoms with Crippen LogP contribution in [0.3, 0.4) is 0 Å². The number of hydrogen-bond donors (Lipinski definition) is 2. The number of nitrogens with one attached hydrogen (secondary N) is 2. The van der Waals surface area contributed by atoms with E-state index in [4.69, 9.17) is 0 Å². The summed E-state index contributed by atoms with van der Waals surface area (Å²) in [5, 5.41) is 3.06. The average Bonchev–Trinajstić information content (AvgIpc) is 2.40. The van der Waals surface area contributed by atoms with Gasteiger partial charge < -0.3 is 10.2 Å². The summed E-state index contributed by atoms with van der Waals surface area (Å²) in [5.74, 6) is 1.71. The molecule has 1 fully saturated rings. The summed E-state index contributed by atoms with van der Waals surface area (Å²) in [5.41, 5.74) is 3.26. The second-order valence-corrected chi connectivity index (χ2v) is 6.97. The first kappa shape index (κ1) is 16.0. The first-order valence-electron chi connectivity index (χ1n) is 8.14. The SMILES string of the molecule is Cc1ccc(C)c(NC(=O)CC[NH+]2C[C@@H](C)C[C@H](C)C2)c1. The predicted molar refractivity (Wildman–Crippen MR) is 87.7 cm³/mol. The Morgan fingerprint density at radius 2 is 1.90 bits per heavy atom. The van der Waals surface area contributed by atoms with Crippen LogP contribution in [0, 0.1) is 25.7 Å². The average molecular weight is 289 g/mol. The van der Waals surface area contributed by atoms with Gasteiger partial charge in [-0.15, -0.1) is 0 Å². The van der Waals surface area contributed by atoms with E-state index in [1.54, 1.807) is 4.90 Å². The maximum Gasteiger partial charge on any atom is 0.230 e. The van der Waals surface area contributed by atoms with Gasteiger partial charge in [-0.05, 0) is 37.5 Å². The molecule has 0 saturated carbocycles. The summed E-state index contributed by atoms with van der Waals surface area (Å²) in [6, 6.07) is 6.18. The zero-order valence-electron chi connectivity index (χ0n) is 13.8. The molecule has 1 aromatic carbocycles. The van der Waals surface area contributed by atoms with Crippen LogP contribution < -0.4 is 10.2 Å². The summed E-state index contributed by atoms with van der Waals surface area (Å²) in [6.07, 6.45) is 1.94. The number of carbonyl (C=O) groups excluding carboxylic acids is 1. The van der Waals surface area contributed by atoms with E-state index in [0.29, 0.717) is 6.42 Å². The molecule has 21 heavy (non-hydrogen) atoms. The van der Waals surface area contributed by atoms with Crippen molar-refractivity contribution in [3.05, 3.63) is 29.3 Å². The Balaban J connectivity index is 1.83. The third kappa shape index (κ3) is 4.85. The highest BCUT2D eigenvalue weighted by Gasteiger charge is 2.25. The van der Waals surface area contributed by atoms with Crippen LogP contribution >= 0.6 is 0 Å². The number of anilines is 1. The van der Waals surface area contributed by atoms with Crippen LogP contribution in [0.5, 0.6) is 0 Å². The Kier molecular flexibility index (Phi) is 5.40. The van der Waals surface area contributed by atoms with Gasteiger partial charge in [0, 0.05) is 17.5 Å². The van der Waals surface area contributed by atoms with Crippen molar-refractivity contribution >= 4 is 11.6 Å². The van der Waals surface area contributed by atoms with Crippen molar-refractivity contribution in [2.75, 3.05) is 25.0 Å². The Morgan fingerprint density at radius 1 is 1.24 bits per heavy atom. The highest BCUT2D eigenvalue weighted by Crippen LogP contribution is 2.16. The topological polar surface area (TPSA) is 33.5 Å². The molecule has 1 heterocycles. The molecule has 2 rings (SSSR count). The van der Waals surface area contributed by atoms with Crippen molar-refractivity contribution < 1.29 is 9.69 Å². The quantitative estimate of drug-likeness (QED) is 0.875. The van der Waals surface area contributed by atoms with Gasteiger partial charge in [-0.2, -0.15) is 0 Å². The first-order valence-corrected chi connectivity index (χ1v) is 8.14. The van der Waals surface area contributed by atoms with Gasteiger partial charge in [-0.25, -0.2) is 0 Å². The molecule has 3 heteroatoms. The number of carbonyl (C=O) groups is 1. The van der Waals surface area contributed by atoms with Crippen LogP contribution in [0.2, 0.25) is 0 Å². The highest BCUT2D eigenvalue weighted by atomic mass is 16.1. The molecule has 2 N–H and O–H groups in total. The van der Waals surface area contributed by atoms with E-state index in [1.165, 1.54) is 25.1 Å². The van der Waals surface area contributed by atoms with Crippen LogP contribution in [-0.4, -0.2) is 25.5 Å². The van der Waals surface area contributed by atoms with Crippen molar-refractivity contribution in [2.45, 2.75) is 40.5 Å². The number of piperidine rings is 1. The summed E-state index contributed by atoms with van der Waals surface area (Å²) < 4.78 is 0. The van der Waals surface area contributed by atoms with Crippen molar-refractivity contribution in [1.29, 1.82) is 0 Å². The van der Waals surface area contributed by atoms with Crippen LogP contribution in [0.1, 0.15) is 37.8 Å². The number of hydrogen-bond acceptors (Lipinski definition) is 1. The van der Waals surface area contributed by atoms with E-state index in [-0.39, 0.29) is 5.91 Å². The minimum absolute atomic E-state index is 0.141. The molecule has 116 valence electrons. The third-order valence-corrected chi connectivity index (χ3v) is 4.45. The van der Waals surface area contributed by atoms with E-state index < -0.39 is 0 Å². The molecule has 0 unspecified atom stereocenters. The largest absolute Gasteiger partial charge is 0.334 e. The second kappa shape index (κ2) is 7.08. The molecule has 0 aliphatic carbocycles. The van der Waals surface area contributed by atoms with Gasteiger partial charge in [0.05, 0.1) is 26.1 Å². The monoisotopic (exact) mass is 289 g/mol. The Bertz CT molecular complexity index is 488. The van der Waals surface area contributed by atoms with Crippen molar-refractivity contribution in [3.8, 4) is 0 Å². The highest BCUT2D eigenvalue weighted by molar-refractivity contribution is 5.91. The van der Waals surface area contributed by atoms with E-state index in [0.717, 1.165) is 29.6 Å². The van der Waals surface area contributed by atoms with E-state index in [9.17, 15) is 4.79 Å². The summed E-state index contributed by atoms with van der Waals surface area (Å²) >= 11 is 0. The maximum atomic E-state index is 12.2. The van der Waals surface area contributed by atoms with Crippen LogP contribution in [0.15, 0.2) is 18.2 Å². The van der Waals surface area contributed by atoms with Crippen molar-refractivity contribution in [3.63, 3.8) is 0 Å². The Morgan fingerprint density at radius 3 is 2.57 bits per heavy atom. The van der Waals surface area contributed by atoms with E-state index in [2.05, 4.69) is 38.2 Å². The lowest BCUT2D eigenvalue weighted by molar-refractivity contribution is -0.911. The summed E-state index contributed by atoms with van der Waals surface area (Å²) in [4.78, 5) is 13.7. The molecule has 1 aliphatic heterocycles. The van der Waals surface area contributed by atoms with Gasteiger partial charge in [-0.3, -0.25) is 4.79 Å². The predicted octanol–water partition coefficient (Wildman–Crippen LogP) is 2.19. The zero-order chi connectivity index (χ0) is 15.4. The van der Waals surface area contributed by atoms with Gasteiger partial charge >= 0.3 is 0 Å². The smallest absolute Gasteiger partial charge is 0.230 e. The number of likely N-dealkylation sites (tertiary alicyclic amines) is 1. The molecule has 1 aromatic rings. The zero-order valence-corrected chi connectivity index (χ0v) is 13.8. The van der Waals surface area contributed by atoms with E-state index in [1.807, 2.05) is 13.0 Å². The minimum atomic E-state index is 0.141. The minimum Gasteiger partial charge on any atom is -0.334 e. The molecular weight excluding hydrogens is 260 g/mol. The third-order valence-electron chi connectivity index (χ3n) is 4.45.